The summed E-state index contributed by atoms with van der Waals surface area (Å²) < 4.78 is 13.1. The fourth-order valence-corrected chi connectivity index (χ4v) is 2.05. The molecule has 1 atom stereocenters. The van der Waals surface area contributed by atoms with E-state index in [0.717, 1.165) is 25.1 Å². The van der Waals surface area contributed by atoms with Crippen LogP contribution in [0.1, 0.15) is 30.5 Å². The Morgan fingerprint density at radius 1 is 1.50 bits per heavy atom. The predicted molar refractivity (Wildman–Crippen MR) is 65.0 cm³/mol. The quantitative estimate of drug-likeness (QED) is 0.894. The molecular weight excluding hydrogens is 232 g/mol. The third-order valence-electron chi connectivity index (χ3n) is 3.12. The molecule has 0 aromatic carbocycles. The minimum absolute atomic E-state index is 0.0249. The summed E-state index contributed by atoms with van der Waals surface area (Å²) in [6.07, 6.45) is 3.99. The van der Waals surface area contributed by atoms with Gasteiger partial charge in [-0.15, -0.1) is 5.10 Å². The zero-order chi connectivity index (χ0) is 12.4. The number of rotatable bonds is 4. The van der Waals surface area contributed by atoms with Crippen LogP contribution in [0, 0.1) is 0 Å². The molecule has 2 aromatic heterocycles. The van der Waals surface area contributed by atoms with Crippen molar-refractivity contribution in [3.05, 3.63) is 29.9 Å². The number of hydrogen-bond acceptors (Lipinski definition) is 5. The van der Waals surface area contributed by atoms with Gasteiger partial charge in [0.2, 0.25) is 5.89 Å². The van der Waals surface area contributed by atoms with Crippen LogP contribution in [0.15, 0.2) is 22.7 Å². The van der Waals surface area contributed by atoms with Gasteiger partial charge < -0.3 is 19.0 Å². The van der Waals surface area contributed by atoms with Gasteiger partial charge in [-0.1, -0.05) is 5.10 Å². The number of hydrogen-bond donors (Lipinski definition) is 1. The summed E-state index contributed by atoms with van der Waals surface area (Å²) in [5.41, 5.74) is 1.16. The molecule has 0 radical (unpaired) electrons. The zero-order valence-electron chi connectivity index (χ0n) is 10.3. The summed E-state index contributed by atoms with van der Waals surface area (Å²) in [5, 5.41) is 11.1. The van der Waals surface area contributed by atoms with Gasteiger partial charge in [-0.3, -0.25) is 0 Å². The highest BCUT2D eigenvalue weighted by molar-refractivity contribution is 5.21. The van der Waals surface area contributed by atoms with Crippen molar-refractivity contribution >= 4 is 6.01 Å². The van der Waals surface area contributed by atoms with Crippen molar-refractivity contribution in [2.75, 3.05) is 11.9 Å². The fraction of sp³-hybridized carbons (Fsp3) is 0.500. The number of nitrogens with zero attached hydrogens (tertiary/aromatic N) is 3. The summed E-state index contributed by atoms with van der Waals surface area (Å²) in [7, 11) is 2.00. The number of nitrogens with one attached hydrogen (secondary N) is 1. The van der Waals surface area contributed by atoms with Crippen LogP contribution in [0.4, 0.5) is 6.01 Å². The number of ether oxygens (including phenoxy) is 1. The Hall–Kier alpha value is -1.82. The lowest BCUT2D eigenvalue weighted by Gasteiger charge is -2.04. The first-order valence-corrected chi connectivity index (χ1v) is 6.12. The molecule has 1 saturated heterocycles. The molecule has 2 aromatic rings. The van der Waals surface area contributed by atoms with Crippen molar-refractivity contribution in [1.29, 1.82) is 0 Å². The molecule has 1 aliphatic heterocycles. The fourth-order valence-electron chi connectivity index (χ4n) is 2.05. The van der Waals surface area contributed by atoms with E-state index in [1.807, 2.05) is 29.9 Å². The van der Waals surface area contributed by atoms with E-state index in [0.29, 0.717) is 18.5 Å². The summed E-state index contributed by atoms with van der Waals surface area (Å²) >= 11 is 0. The van der Waals surface area contributed by atoms with Crippen molar-refractivity contribution in [3.63, 3.8) is 0 Å². The lowest BCUT2D eigenvalue weighted by Crippen LogP contribution is -2.04. The highest BCUT2D eigenvalue weighted by Crippen LogP contribution is 2.28. The molecule has 1 fully saturated rings. The Kier molecular flexibility index (Phi) is 3.02. The first-order chi connectivity index (χ1) is 8.83. The average Bonchev–Trinajstić information content (AvgIpc) is 3.08. The average molecular weight is 248 g/mol. The molecule has 96 valence electrons. The van der Waals surface area contributed by atoms with Gasteiger partial charge in [-0.2, -0.15) is 0 Å². The van der Waals surface area contributed by atoms with E-state index >= 15 is 0 Å². The third-order valence-corrected chi connectivity index (χ3v) is 3.12. The van der Waals surface area contributed by atoms with Crippen LogP contribution in [-0.2, 0) is 18.3 Å². The van der Waals surface area contributed by atoms with Gasteiger partial charge >= 0.3 is 6.01 Å². The van der Waals surface area contributed by atoms with Crippen molar-refractivity contribution in [3.8, 4) is 0 Å². The summed E-state index contributed by atoms with van der Waals surface area (Å²) in [4.78, 5) is 0. The third kappa shape index (κ3) is 2.24. The van der Waals surface area contributed by atoms with Crippen LogP contribution < -0.4 is 5.32 Å². The van der Waals surface area contributed by atoms with E-state index in [-0.39, 0.29) is 6.10 Å². The molecule has 6 nitrogen and oxygen atoms in total. The Morgan fingerprint density at radius 3 is 3.17 bits per heavy atom. The van der Waals surface area contributed by atoms with Gasteiger partial charge in [0, 0.05) is 25.5 Å². The van der Waals surface area contributed by atoms with E-state index in [1.54, 1.807) is 0 Å². The molecule has 0 unspecified atom stereocenters. The summed E-state index contributed by atoms with van der Waals surface area (Å²) in [6, 6.07) is 4.49. The summed E-state index contributed by atoms with van der Waals surface area (Å²) in [6.45, 7) is 1.44. The normalized spacial score (nSPS) is 19.3. The van der Waals surface area contributed by atoms with Crippen LogP contribution in [0.25, 0.3) is 0 Å². The molecule has 0 bridgehead atoms. The van der Waals surface area contributed by atoms with E-state index < -0.39 is 0 Å². The maximum Gasteiger partial charge on any atom is 0.315 e. The van der Waals surface area contributed by atoms with E-state index in [1.165, 1.54) is 0 Å². The van der Waals surface area contributed by atoms with E-state index in [4.69, 9.17) is 9.15 Å². The molecule has 0 saturated carbocycles. The molecule has 3 rings (SSSR count). The van der Waals surface area contributed by atoms with Gasteiger partial charge in [0.15, 0.2) is 0 Å². The number of anilines is 1. The van der Waals surface area contributed by atoms with E-state index in [9.17, 15) is 0 Å². The second kappa shape index (κ2) is 4.81. The molecule has 1 aliphatic rings. The first kappa shape index (κ1) is 11.3. The largest absolute Gasteiger partial charge is 0.405 e. The van der Waals surface area contributed by atoms with Crippen LogP contribution in [0.2, 0.25) is 0 Å². The van der Waals surface area contributed by atoms with Crippen molar-refractivity contribution in [1.82, 2.24) is 14.8 Å². The highest BCUT2D eigenvalue weighted by Gasteiger charge is 2.23. The maximum atomic E-state index is 5.54. The Balaban J connectivity index is 1.61. The number of aromatic nitrogens is 3. The SMILES string of the molecule is Cn1cccc1CNc1nnc([C@@H]2CCCO2)o1. The van der Waals surface area contributed by atoms with E-state index in [2.05, 4.69) is 15.5 Å². The van der Waals surface area contributed by atoms with Gasteiger partial charge in [0.05, 0.1) is 6.54 Å². The zero-order valence-corrected chi connectivity index (χ0v) is 10.3. The monoisotopic (exact) mass is 248 g/mol. The lowest BCUT2D eigenvalue weighted by molar-refractivity contribution is 0.0897. The Morgan fingerprint density at radius 2 is 2.44 bits per heavy atom. The Bertz CT molecular complexity index is 514. The van der Waals surface area contributed by atoms with Gasteiger partial charge in [0.25, 0.3) is 0 Å². The first-order valence-electron chi connectivity index (χ1n) is 6.12. The van der Waals surface area contributed by atoms with Crippen molar-refractivity contribution in [2.45, 2.75) is 25.5 Å². The molecule has 0 spiro atoms. The van der Waals surface area contributed by atoms with Crippen LogP contribution in [0.3, 0.4) is 0 Å². The molecule has 0 aliphatic carbocycles. The van der Waals surface area contributed by atoms with Gasteiger partial charge in [-0.25, -0.2) is 0 Å². The standard InChI is InChI=1S/C12H16N4O2/c1-16-6-2-4-9(16)8-13-12-15-14-11(18-12)10-5-3-7-17-10/h2,4,6,10H,3,5,7-8H2,1H3,(H,13,15)/t10-/m0/s1. The maximum absolute atomic E-state index is 5.54. The van der Waals surface area contributed by atoms with Crippen LogP contribution in [-0.4, -0.2) is 21.4 Å². The number of aryl methyl sites for hydroxylation is 1. The minimum Gasteiger partial charge on any atom is -0.405 e. The smallest absolute Gasteiger partial charge is 0.315 e. The second-order valence-corrected chi connectivity index (χ2v) is 4.41. The highest BCUT2D eigenvalue weighted by atomic mass is 16.5. The molecule has 6 heteroatoms. The predicted octanol–water partition coefficient (Wildman–Crippen LogP) is 1.87. The molecular formula is C12H16N4O2. The van der Waals surface area contributed by atoms with Gasteiger partial charge in [0.1, 0.15) is 6.10 Å². The second-order valence-electron chi connectivity index (χ2n) is 4.41. The summed E-state index contributed by atoms with van der Waals surface area (Å²) in [5.74, 6) is 0.571. The molecule has 18 heavy (non-hydrogen) atoms. The lowest BCUT2D eigenvalue weighted by atomic mass is 10.2. The molecule has 0 amide bonds. The topological polar surface area (TPSA) is 65.1 Å². The van der Waals surface area contributed by atoms with Crippen LogP contribution in [0.5, 0.6) is 0 Å². The molecule has 3 heterocycles. The van der Waals surface area contributed by atoms with Crippen LogP contribution >= 0.6 is 0 Å². The Labute approximate surface area is 105 Å². The van der Waals surface area contributed by atoms with Crippen molar-refractivity contribution < 1.29 is 9.15 Å². The minimum atomic E-state index is -0.0249. The van der Waals surface area contributed by atoms with Gasteiger partial charge in [-0.05, 0) is 25.0 Å². The van der Waals surface area contributed by atoms with Crippen molar-refractivity contribution in [2.24, 2.45) is 7.05 Å². The molecule has 1 N–H and O–H groups in total.